The van der Waals surface area contributed by atoms with E-state index in [-0.39, 0.29) is 55.0 Å². The van der Waals surface area contributed by atoms with Gasteiger partial charge in [0.15, 0.2) is 6.29 Å². The standard InChI is InChI=1S/C34H47N3O9S/c1-42-26-12-13-32-30(20-26)43-17-7-3-6-15-36-16-8-11-25(36)21-37(47(32,40)41)22-29(38)28(19-24-9-4-2-5-10-24)35-34(39)46-31-23-45-33-27(31)14-18-44-33/h2,4-5,9-10,12-13,20,25,27-29,31,33,38H,3,6-8,11,14-19,21-23H2,1H3,(H,35,39)/t25-,27+,28+,29-,31+,33-/m1/s1. The van der Waals surface area contributed by atoms with Gasteiger partial charge in [-0.05, 0) is 75.7 Å². The van der Waals surface area contributed by atoms with Crippen molar-refractivity contribution in [3.8, 4) is 11.5 Å². The molecule has 4 heterocycles. The van der Waals surface area contributed by atoms with Crippen molar-refractivity contribution in [2.24, 2.45) is 5.92 Å². The van der Waals surface area contributed by atoms with Crippen LogP contribution >= 0.6 is 0 Å². The molecule has 3 fully saturated rings. The summed E-state index contributed by atoms with van der Waals surface area (Å²) in [6, 6.07) is 13.4. The molecule has 6 atom stereocenters. The van der Waals surface area contributed by atoms with Crippen molar-refractivity contribution >= 4 is 16.1 Å². The summed E-state index contributed by atoms with van der Waals surface area (Å²) in [5.41, 5.74) is 0.880. The molecular formula is C34H47N3O9S. The van der Waals surface area contributed by atoms with Crippen LogP contribution in [0.3, 0.4) is 0 Å². The van der Waals surface area contributed by atoms with Gasteiger partial charge < -0.3 is 34.1 Å². The molecule has 2 N–H and O–H groups in total. The van der Waals surface area contributed by atoms with Gasteiger partial charge in [0.2, 0.25) is 10.0 Å². The number of sulfonamides is 1. The Morgan fingerprint density at radius 2 is 1.87 bits per heavy atom. The van der Waals surface area contributed by atoms with E-state index < -0.39 is 34.4 Å². The number of hydrogen-bond donors (Lipinski definition) is 2. The Bertz CT molecular complexity index is 1450. The zero-order valence-corrected chi connectivity index (χ0v) is 27.8. The molecule has 2 aromatic rings. The van der Waals surface area contributed by atoms with Crippen molar-refractivity contribution in [1.82, 2.24) is 14.5 Å². The molecule has 0 saturated carbocycles. The Morgan fingerprint density at radius 3 is 2.70 bits per heavy atom. The summed E-state index contributed by atoms with van der Waals surface area (Å²) >= 11 is 0. The fourth-order valence-electron chi connectivity index (χ4n) is 7.12. The smallest absolute Gasteiger partial charge is 0.407 e. The highest BCUT2D eigenvalue weighted by molar-refractivity contribution is 7.89. The topological polar surface area (TPSA) is 136 Å². The Morgan fingerprint density at radius 1 is 1.04 bits per heavy atom. The van der Waals surface area contributed by atoms with Gasteiger partial charge in [0, 0.05) is 25.2 Å². The van der Waals surface area contributed by atoms with E-state index in [2.05, 4.69) is 10.2 Å². The fraction of sp³-hybridized carbons (Fsp3) is 0.618. The lowest BCUT2D eigenvalue weighted by Crippen LogP contribution is -2.53. The molecule has 258 valence electrons. The number of hydrogen-bond acceptors (Lipinski definition) is 10. The van der Waals surface area contributed by atoms with Gasteiger partial charge in [-0.1, -0.05) is 30.3 Å². The molecule has 0 aromatic heterocycles. The molecule has 0 spiro atoms. The summed E-state index contributed by atoms with van der Waals surface area (Å²) < 4.78 is 58.8. The predicted molar refractivity (Wildman–Crippen MR) is 173 cm³/mol. The number of alkyl carbamates (subject to hydrolysis) is 1. The van der Waals surface area contributed by atoms with Crippen molar-refractivity contribution < 1.29 is 42.0 Å². The van der Waals surface area contributed by atoms with Crippen molar-refractivity contribution in [3.63, 3.8) is 0 Å². The molecule has 1 amide bonds. The quantitative estimate of drug-likeness (QED) is 0.430. The first-order chi connectivity index (χ1) is 22.8. The molecule has 0 bridgehead atoms. The lowest BCUT2D eigenvalue weighted by Gasteiger charge is -2.33. The number of aliphatic hydroxyl groups excluding tert-OH is 1. The monoisotopic (exact) mass is 673 g/mol. The maximum atomic E-state index is 14.5. The third-order valence-electron chi connectivity index (χ3n) is 9.73. The molecule has 4 aliphatic rings. The Hall–Kier alpha value is -2.94. The lowest BCUT2D eigenvalue weighted by atomic mass is 10.0. The highest BCUT2D eigenvalue weighted by Gasteiger charge is 2.44. The van der Waals surface area contributed by atoms with Crippen LogP contribution in [0.5, 0.6) is 11.5 Å². The number of β-amino-alcohol motifs (C(OH)–C–C–N with tert-alkyl or cyclic N) is 1. The highest BCUT2D eigenvalue weighted by atomic mass is 32.2. The van der Waals surface area contributed by atoms with Crippen LogP contribution < -0.4 is 14.8 Å². The Labute approximate surface area is 277 Å². The van der Waals surface area contributed by atoms with E-state index >= 15 is 0 Å². The van der Waals surface area contributed by atoms with Gasteiger partial charge in [-0.15, -0.1) is 0 Å². The number of benzene rings is 2. The number of carbonyl (C=O) groups is 1. The van der Waals surface area contributed by atoms with Crippen LogP contribution in [0.1, 0.15) is 44.1 Å². The minimum absolute atomic E-state index is 0.00906. The van der Waals surface area contributed by atoms with E-state index in [0.717, 1.165) is 57.2 Å². The molecule has 6 rings (SSSR count). The van der Waals surface area contributed by atoms with E-state index in [0.29, 0.717) is 19.0 Å². The molecule has 0 unspecified atom stereocenters. The Kier molecular flexibility index (Phi) is 11.2. The summed E-state index contributed by atoms with van der Waals surface area (Å²) in [4.78, 5) is 15.7. The summed E-state index contributed by atoms with van der Waals surface area (Å²) in [7, 11) is -2.63. The molecule has 13 heteroatoms. The van der Waals surface area contributed by atoms with Gasteiger partial charge in [0.25, 0.3) is 0 Å². The van der Waals surface area contributed by atoms with Crippen molar-refractivity contribution in [1.29, 1.82) is 0 Å². The first-order valence-electron chi connectivity index (χ1n) is 16.8. The zero-order chi connectivity index (χ0) is 32.8. The SMILES string of the molecule is COc1ccc2c(c1)OCCCCCN1CCC[C@@H]1CN(C[C@@H](O)[C@H](Cc1ccccc1)NC(=O)O[C@H]1CO[C@H]3OCC[C@H]31)S2(=O)=O. The highest BCUT2D eigenvalue weighted by Crippen LogP contribution is 2.34. The summed E-state index contributed by atoms with van der Waals surface area (Å²) in [6.45, 7) is 2.93. The van der Waals surface area contributed by atoms with E-state index in [9.17, 15) is 18.3 Å². The first-order valence-corrected chi connectivity index (χ1v) is 18.2. The van der Waals surface area contributed by atoms with Gasteiger partial charge in [0.1, 0.15) is 22.5 Å². The van der Waals surface area contributed by atoms with Gasteiger partial charge >= 0.3 is 6.09 Å². The number of amides is 1. The van der Waals surface area contributed by atoms with E-state index in [1.165, 1.54) is 17.5 Å². The van der Waals surface area contributed by atoms with E-state index in [1.54, 1.807) is 12.1 Å². The normalized spacial score (nSPS) is 27.9. The van der Waals surface area contributed by atoms with Gasteiger partial charge in [0.05, 0.1) is 45.0 Å². The summed E-state index contributed by atoms with van der Waals surface area (Å²) in [5.74, 6) is 0.678. The number of nitrogens with one attached hydrogen (secondary N) is 1. The van der Waals surface area contributed by atoms with Crippen LogP contribution in [0.15, 0.2) is 53.4 Å². The van der Waals surface area contributed by atoms with Crippen LogP contribution in [0, 0.1) is 5.92 Å². The molecule has 47 heavy (non-hydrogen) atoms. The predicted octanol–water partition coefficient (Wildman–Crippen LogP) is 3.17. The average Bonchev–Trinajstić information content (AvgIpc) is 3.81. The minimum atomic E-state index is -4.15. The van der Waals surface area contributed by atoms with Crippen LogP contribution in [-0.4, -0.2) is 113 Å². The second-order valence-corrected chi connectivity index (χ2v) is 14.8. The number of methoxy groups -OCH3 is 1. The van der Waals surface area contributed by atoms with Crippen LogP contribution in [0.4, 0.5) is 4.79 Å². The number of rotatable bonds is 8. The second-order valence-electron chi connectivity index (χ2n) is 12.9. The molecule has 0 radical (unpaired) electrons. The molecule has 2 aromatic carbocycles. The van der Waals surface area contributed by atoms with Crippen molar-refractivity contribution in [2.75, 3.05) is 53.1 Å². The van der Waals surface area contributed by atoms with E-state index in [4.69, 9.17) is 23.7 Å². The summed E-state index contributed by atoms with van der Waals surface area (Å²) in [6.07, 6.45) is 2.85. The Balaban J connectivity index is 1.27. The van der Waals surface area contributed by atoms with Crippen LogP contribution in [-0.2, 0) is 30.7 Å². The molecular weight excluding hydrogens is 626 g/mol. The molecule has 4 aliphatic heterocycles. The molecule has 3 saturated heterocycles. The van der Waals surface area contributed by atoms with Crippen LogP contribution in [0.2, 0.25) is 0 Å². The largest absolute Gasteiger partial charge is 0.497 e. The maximum absolute atomic E-state index is 14.5. The molecule has 0 aliphatic carbocycles. The van der Waals surface area contributed by atoms with Gasteiger partial charge in [-0.25, -0.2) is 13.2 Å². The van der Waals surface area contributed by atoms with Crippen LogP contribution in [0.25, 0.3) is 0 Å². The minimum Gasteiger partial charge on any atom is -0.497 e. The van der Waals surface area contributed by atoms with Crippen molar-refractivity contribution in [2.45, 2.75) is 80.4 Å². The number of ether oxygens (including phenoxy) is 5. The van der Waals surface area contributed by atoms with Gasteiger partial charge in [-0.2, -0.15) is 4.31 Å². The summed E-state index contributed by atoms with van der Waals surface area (Å²) in [5, 5.41) is 14.7. The zero-order valence-electron chi connectivity index (χ0n) is 27.0. The lowest BCUT2D eigenvalue weighted by molar-refractivity contribution is -0.0907. The second kappa shape index (κ2) is 15.5. The number of nitrogens with zero attached hydrogens (tertiary/aromatic N) is 2. The average molecular weight is 674 g/mol. The maximum Gasteiger partial charge on any atom is 0.407 e. The first kappa shape index (κ1) is 33.9. The third-order valence-corrected chi connectivity index (χ3v) is 11.6. The molecule has 12 nitrogen and oxygen atoms in total. The number of fused-ring (bicyclic) bond motifs is 3. The van der Waals surface area contributed by atoms with Crippen molar-refractivity contribution in [3.05, 3.63) is 54.1 Å². The fourth-order valence-corrected chi connectivity index (χ4v) is 8.72. The number of aliphatic hydroxyl groups is 1. The van der Waals surface area contributed by atoms with E-state index in [1.807, 2.05) is 30.3 Å². The number of carbonyl (C=O) groups excluding carboxylic acids is 1. The third kappa shape index (κ3) is 8.21. The van der Waals surface area contributed by atoms with Gasteiger partial charge in [-0.3, -0.25) is 4.90 Å².